The first kappa shape index (κ1) is 26.9. The number of nitrogens with one attached hydrogen (secondary N) is 1. The predicted molar refractivity (Wildman–Crippen MR) is 152 cm³/mol. The minimum absolute atomic E-state index is 0.00666. The molecule has 0 radical (unpaired) electrons. The summed E-state index contributed by atoms with van der Waals surface area (Å²) in [5, 5.41) is 13.5. The maximum absolute atomic E-state index is 9.83. The van der Waals surface area contributed by atoms with Gasteiger partial charge in [0.15, 0.2) is 0 Å². The largest absolute Gasteiger partial charge is 0.508 e. The molecule has 0 saturated heterocycles. The summed E-state index contributed by atoms with van der Waals surface area (Å²) in [6.07, 6.45) is 5.12. The third-order valence-electron chi connectivity index (χ3n) is 7.80. The Morgan fingerprint density at radius 3 is 2.46 bits per heavy atom. The number of hydrogen-bond donors (Lipinski definition) is 2. The second-order valence-electron chi connectivity index (χ2n) is 11.0. The highest BCUT2D eigenvalue weighted by atomic mass is 16.5. The van der Waals surface area contributed by atoms with Crippen molar-refractivity contribution in [1.29, 1.82) is 0 Å². The van der Waals surface area contributed by atoms with Gasteiger partial charge < -0.3 is 24.8 Å². The number of aryl methyl sites for hydroxylation is 2. The number of fused-ring (bicyclic) bond motifs is 1. The molecule has 198 valence electrons. The van der Waals surface area contributed by atoms with Crippen molar-refractivity contribution < 1.29 is 14.6 Å². The first-order chi connectivity index (χ1) is 17.7. The fourth-order valence-corrected chi connectivity index (χ4v) is 4.84. The lowest BCUT2D eigenvalue weighted by molar-refractivity contribution is 0.114. The third-order valence-corrected chi connectivity index (χ3v) is 7.80. The van der Waals surface area contributed by atoms with Crippen molar-refractivity contribution >= 4 is 5.69 Å². The first-order valence-corrected chi connectivity index (χ1v) is 13.4. The van der Waals surface area contributed by atoms with E-state index in [4.69, 9.17) is 9.47 Å². The van der Waals surface area contributed by atoms with Gasteiger partial charge in [-0.05, 0) is 119 Å². The number of ether oxygens (including phenoxy) is 2. The molecule has 3 aromatic carbocycles. The molecule has 0 bridgehead atoms. The summed E-state index contributed by atoms with van der Waals surface area (Å²) in [4.78, 5) is 2.18. The standard InChI is InChI=1S/C32H42N2O3/c1-32(2,34(3)4)22-37-28-14-8-23(9-15-28)7-6-18-33-31-21-29(36-5)16-17-30(31)26-11-10-25-20-27(35)13-12-24(25)19-26/h8-9,12-17,20-21,26,33,35H,6-7,10-11,18-19,22H2,1-5H3/t26-/m1/s1. The summed E-state index contributed by atoms with van der Waals surface area (Å²) in [6, 6.07) is 20.7. The van der Waals surface area contributed by atoms with Gasteiger partial charge in [-0.3, -0.25) is 0 Å². The van der Waals surface area contributed by atoms with E-state index in [1.165, 1.54) is 27.9 Å². The number of phenols is 1. The van der Waals surface area contributed by atoms with E-state index >= 15 is 0 Å². The summed E-state index contributed by atoms with van der Waals surface area (Å²) >= 11 is 0. The van der Waals surface area contributed by atoms with Crippen molar-refractivity contribution in [3.05, 3.63) is 82.9 Å². The van der Waals surface area contributed by atoms with Gasteiger partial charge in [-0.25, -0.2) is 0 Å². The molecule has 2 N–H and O–H groups in total. The van der Waals surface area contributed by atoms with Crippen LogP contribution in [0.3, 0.4) is 0 Å². The van der Waals surface area contributed by atoms with Crippen LogP contribution in [0.1, 0.15) is 54.9 Å². The lowest BCUT2D eigenvalue weighted by atomic mass is 9.79. The number of hydrogen-bond acceptors (Lipinski definition) is 5. The van der Waals surface area contributed by atoms with Gasteiger partial charge in [0.25, 0.3) is 0 Å². The lowest BCUT2D eigenvalue weighted by Gasteiger charge is -2.32. The predicted octanol–water partition coefficient (Wildman–Crippen LogP) is 6.44. The number of benzene rings is 3. The van der Waals surface area contributed by atoms with Crippen molar-refractivity contribution in [1.82, 2.24) is 4.90 Å². The van der Waals surface area contributed by atoms with Crippen LogP contribution in [0.4, 0.5) is 5.69 Å². The molecule has 5 nitrogen and oxygen atoms in total. The van der Waals surface area contributed by atoms with Gasteiger partial charge in [-0.15, -0.1) is 0 Å². The van der Waals surface area contributed by atoms with Crippen molar-refractivity contribution in [3.8, 4) is 17.2 Å². The van der Waals surface area contributed by atoms with Gasteiger partial charge in [0.05, 0.1) is 7.11 Å². The molecule has 0 aromatic heterocycles. The Bertz CT molecular complexity index is 1170. The van der Waals surface area contributed by atoms with Gasteiger partial charge in [0, 0.05) is 23.8 Å². The molecular formula is C32H42N2O3. The van der Waals surface area contributed by atoms with Crippen molar-refractivity contribution in [3.63, 3.8) is 0 Å². The van der Waals surface area contributed by atoms with E-state index in [1.54, 1.807) is 13.2 Å². The zero-order valence-corrected chi connectivity index (χ0v) is 23.0. The molecule has 1 aliphatic carbocycles. The van der Waals surface area contributed by atoms with Crippen LogP contribution in [0.25, 0.3) is 0 Å². The van der Waals surface area contributed by atoms with Gasteiger partial charge in [-0.1, -0.05) is 24.3 Å². The number of rotatable bonds is 11. The van der Waals surface area contributed by atoms with Crippen LogP contribution in [0.15, 0.2) is 60.7 Å². The van der Waals surface area contributed by atoms with E-state index in [9.17, 15) is 5.11 Å². The van der Waals surface area contributed by atoms with Gasteiger partial charge in [-0.2, -0.15) is 0 Å². The molecule has 0 saturated carbocycles. The summed E-state index contributed by atoms with van der Waals surface area (Å²) in [7, 11) is 5.88. The molecule has 37 heavy (non-hydrogen) atoms. The summed E-state index contributed by atoms with van der Waals surface area (Å²) in [5.74, 6) is 2.61. The third kappa shape index (κ3) is 6.98. The van der Waals surface area contributed by atoms with Gasteiger partial charge in [0.2, 0.25) is 0 Å². The van der Waals surface area contributed by atoms with Crippen molar-refractivity contribution in [2.45, 2.75) is 57.4 Å². The van der Waals surface area contributed by atoms with Crippen LogP contribution in [0.5, 0.6) is 17.2 Å². The average Bonchev–Trinajstić information content (AvgIpc) is 2.90. The van der Waals surface area contributed by atoms with Crippen LogP contribution in [-0.2, 0) is 19.3 Å². The van der Waals surface area contributed by atoms with E-state index in [2.05, 4.69) is 86.7 Å². The Kier molecular flexibility index (Phi) is 8.65. The molecule has 1 aliphatic rings. The number of anilines is 1. The number of nitrogens with zero attached hydrogens (tertiary/aromatic N) is 1. The van der Waals surface area contributed by atoms with Crippen molar-refractivity contribution in [2.24, 2.45) is 0 Å². The highest BCUT2D eigenvalue weighted by Crippen LogP contribution is 2.38. The molecule has 0 aliphatic heterocycles. The molecule has 0 heterocycles. The minimum atomic E-state index is -0.00666. The van der Waals surface area contributed by atoms with E-state index < -0.39 is 0 Å². The zero-order valence-electron chi connectivity index (χ0n) is 23.0. The number of aromatic hydroxyl groups is 1. The fraction of sp³-hybridized carbons (Fsp3) is 0.438. The van der Waals surface area contributed by atoms with Gasteiger partial charge in [0.1, 0.15) is 23.9 Å². The Morgan fingerprint density at radius 2 is 1.73 bits per heavy atom. The monoisotopic (exact) mass is 502 g/mol. The molecule has 0 amide bonds. The smallest absolute Gasteiger partial charge is 0.120 e. The second kappa shape index (κ2) is 11.9. The molecule has 4 rings (SSSR count). The summed E-state index contributed by atoms with van der Waals surface area (Å²) in [6.45, 7) is 5.91. The molecule has 3 aromatic rings. The van der Waals surface area contributed by atoms with E-state index in [0.29, 0.717) is 18.3 Å². The Labute approximate surface area is 222 Å². The highest BCUT2D eigenvalue weighted by Gasteiger charge is 2.23. The van der Waals surface area contributed by atoms with E-state index in [1.807, 2.05) is 6.07 Å². The second-order valence-corrected chi connectivity index (χ2v) is 11.0. The van der Waals surface area contributed by atoms with Crippen LogP contribution in [0, 0.1) is 0 Å². The molecule has 5 heteroatoms. The maximum atomic E-state index is 9.83. The molecular weight excluding hydrogens is 460 g/mol. The normalized spacial score (nSPS) is 15.4. The first-order valence-electron chi connectivity index (χ1n) is 13.4. The molecule has 0 spiro atoms. The zero-order chi connectivity index (χ0) is 26.4. The summed E-state index contributed by atoms with van der Waals surface area (Å²) in [5.41, 5.74) is 6.44. The topological polar surface area (TPSA) is 54.0 Å². The van der Waals surface area contributed by atoms with Gasteiger partial charge >= 0.3 is 0 Å². The Hall–Kier alpha value is -3.18. The van der Waals surface area contributed by atoms with Crippen molar-refractivity contribution in [2.75, 3.05) is 39.7 Å². The molecule has 1 atom stereocenters. The number of phenolic OH excluding ortho intramolecular Hbond substituents is 1. The maximum Gasteiger partial charge on any atom is 0.120 e. The van der Waals surface area contributed by atoms with Crippen LogP contribution in [-0.4, -0.2) is 49.9 Å². The highest BCUT2D eigenvalue weighted by molar-refractivity contribution is 5.57. The summed E-state index contributed by atoms with van der Waals surface area (Å²) < 4.78 is 11.5. The fourth-order valence-electron chi connectivity index (χ4n) is 4.84. The quantitative estimate of drug-likeness (QED) is 0.296. The lowest BCUT2D eigenvalue weighted by Crippen LogP contribution is -2.43. The van der Waals surface area contributed by atoms with Crippen LogP contribution in [0.2, 0.25) is 0 Å². The molecule has 0 fully saturated rings. The molecule has 0 unspecified atom stereocenters. The minimum Gasteiger partial charge on any atom is -0.508 e. The van der Waals surface area contributed by atoms with E-state index in [0.717, 1.165) is 50.1 Å². The van der Waals surface area contributed by atoms with E-state index in [-0.39, 0.29) is 5.54 Å². The average molecular weight is 503 g/mol. The Balaban J connectivity index is 1.33. The number of likely N-dealkylation sites (N-methyl/N-ethyl adjacent to an activating group) is 1. The Morgan fingerprint density at radius 1 is 0.973 bits per heavy atom. The number of methoxy groups -OCH3 is 1. The SMILES string of the molecule is COc1ccc([C@@H]2CCc3cc(O)ccc3C2)c(NCCCc2ccc(OCC(C)(C)N(C)C)cc2)c1. The van der Waals surface area contributed by atoms with Crippen LogP contribution >= 0.6 is 0 Å². The van der Waals surface area contributed by atoms with Crippen LogP contribution < -0.4 is 14.8 Å².